The van der Waals surface area contributed by atoms with Gasteiger partial charge in [-0.3, -0.25) is 9.36 Å². The molecule has 0 aliphatic carbocycles. The first-order chi connectivity index (χ1) is 9.99. The van der Waals surface area contributed by atoms with Crippen molar-refractivity contribution in [3.63, 3.8) is 0 Å². The Bertz CT molecular complexity index is 802. The van der Waals surface area contributed by atoms with Crippen LogP contribution in [-0.4, -0.2) is 19.6 Å². The molecule has 0 saturated heterocycles. The molecule has 21 heavy (non-hydrogen) atoms. The Labute approximate surface area is 128 Å². The number of benzene rings is 1. The van der Waals surface area contributed by atoms with E-state index in [2.05, 4.69) is 10.2 Å². The molecule has 1 aromatic carbocycles. The summed E-state index contributed by atoms with van der Waals surface area (Å²) in [5.74, 6) is 0. The molecule has 3 aromatic rings. The average Bonchev–Trinajstić information content (AvgIpc) is 2.92. The summed E-state index contributed by atoms with van der Waals surface area (Å²) >= 11 is 6.30. The molecule has 6 heteroatoms. The summed E-state index contributed by atoms with van der Waals surface area (Å²) in [6.45, 7) is 1.90. The first-order valence-corrected chi connectivity index (χ1v) is 7.22. The molecule has 2 aromatic heterocycles. The minimum Gasteiger partial charge on any atom is -0.322 e. The van der Waals surface area contributed by atoms with E-state index in [1.165, 1.54) is 0 Å². The number of halogens is 1. The third kappa shape index (κ3) is 2.32. The lowest BCUT2D eigenvalue weighted by molar-refractivity contribution is 0.618. The highest BCUT2D eigenvalue weighted by Gasteiger charge is 2.20. The molecule has 0 radical (unpaired) electrons. The predicted molar refractivity (Wildman–Crippen MR) is 84.3 cm³/mol. The van der Waals surface area contributed by atoms with Gasteiger partial charge in [-0.25, -0.2) is 0 Å². The molecule has 110 valence electrons. The van der Waals surface area contributed by atoms with Gasteiger partial charge in [-0.1, -0.05) is 29.8 Å². The largest absolute Gasteiger partial charge is 0.322 e. The Kier molecular flexibility index (Phi) is 3.47. The van der Waals surface area contributed by atoms with Crippen LogP contribution < -0.4 is 5.73 Å². The number of rotatable bonds is 3. The van der Waals surface area contributed by atoms with Gasteiger partial charge in [0.25, 0.3) is 0 Å². The van der Waals surface area contributed by atoms with Gasteiger partial charge in [0.05, 0.1) is 33.7 Å². The van der Waals surface area contributed by atoms with Gasteiger partial charge in [-0.05, 0) is 13.0 Å². The van der Waals surface area contributed by atoms with E-state index in [0.717, 1.165) is 28.0 Å². The van der Waals surface area contributed by atoms with Crippen LogP contribution >= 0.6 is 11.6 Å². The second-order valence-electron chi connectivity index (χ2n) is 5.31. The highest BCUT2D eigenvalue weighted by Crippen LogP contribution is 2.27. The molecule has 0 fully saturated rings. The van der Waals surface area contributed by atoms with Crippen LogP contribution in [0.3, 0.4) is 0 Å². The first kappa shape index (κ1) is 14.1. The van der Waals surface area contributed by atoms with Crippen LogP contribution in [0.2, 0.25) is 5.02 Å². The van der Waals surface area contributed by atoms with Crippen molar-refractivity contribution in [2.45, 2.75) is 19.4 Å². The number of aromatic nitrogens is 4. The standard InChI is InChI=1S/C15H18ClN5/c1-9-14(16)13(21(3)18-9)8-11(17)15-10-6-4-5-7-12(10)20(2)19-15/h4-7,11H,8,17H2,1-3H3. The summed E-state index contributed by atoms with van der Waals surface area (Å²) < 4.78 is 3.66. The van der Waals surface area contributed by atoms with Gasteiger partial charge >= 0.3 is 0 Å². The Balaban J connectivity index is 1.99. The highest BCUT2D eigenvalue weighted by atomic mass is 35.5. The summed E-state index contributed by atoms with van der Waals surface area (Å²) in [6, 6.07) is 7.87. The molecule has 0 amide bonds. The molecule has 3 rings (SSSR count). The van der Waals surface area contributed by atoms with Crippen molar-refractivity contribution < 1.29 is 0 Å². The zero-order valence-electron chi connectivity index (χ0n) is 12.3. The molecule has 0 spiro atoms. The van der Waals surface area contributed by atoms with E-state index in [4.69, 9.17) is 17.3 Å². The van der Waals surface area contributed by atoms with Crippen LogP contribution in [0.5, 0.6) is 0 Å². The van der Waals surface area contributed by atoms with Crippen LogP contribution in [0.4, 0.5) is 0 Å². The maximum atomic E-state index is 6.38. The predicted octanol–water partition coefficient (Wildman–Crippen LogP) is 2.51. The van der Waals surface area contributed by atoms with Gasteiger partial charge in [-0.15, -0.1) is 0 Å². The van der Waals surface area contributed by atoms with Gasteiger partial charge in [0.15, 0.2) is 0 Å². The Hall–Kier alpha value is -1.85. The Morgan fingerprint density at radius 1 is 1.19 bits per heavy atom. The SMILES string of the molecule is Cc1nn(C)c(CC(N)c2nn(C)c3ccccc23)c1Cl. The van der Waals surface area contributed by atoms with E-state index in [1.807, 2.05) is 50.0 Å². The number of para-hydroxylation sites is 1. The van der Waals surface area contributed by atoms with Crippen molar-refractivity contribution in [2.24, 2.45) is 19.8 Å². The fraction of sp³-hybridized carbons (Fsp3) is 0.333. The van der Waals surface area contributed by atoms with Crippen molar-refractivity contribution in [1.82, 2.24) is 19.6 Å². The van der Waals surface area contributed by atoms with Crippen LogP contribution in [0, 0.1) is 6.92 Å². The quantitative estimate of drug-likeness (QED) is 0.808. The zero-order chi connectivity index (χ0) is 15.1. The van der Waals surface area contributed by atoms with E-state index >= 15 is 0 Å². The van der Waals surface area contributed by atoms with Gasteiger partial charge in [0.2, 0.25) is 0 Å². The van der Waals surface area contributed by atoms with Crippen LogP contribution in [0.15, 0.2) is 24.3 Å². The lowest BCUT2D eigenvalue weighted by atomic mass is 10.0. The van der Waals surface area contributed by atoms with Crippen molar-refractivity contribution >= 4 is 22.5 Å². The van der Waals surface area contributed by atoms with Crippen LogP contribution in [-0.2, 0) is 20.5 Å². The van der Waals surface area contributed by atoms with E-state index < -0.39 is 0 Å². The number of nitrogens with two attached hydrogens (primary N) is 1. The van der Waals surface area contributed by atoms with Crippen LogP contribution in [0.1, 0.15) is 23.1 Å². The monoisotopic (exact) mass is 303 g/mol. The molecular weight excluding hydrogens is 286 g/mol. The zero-order valence-corrected chi connectivity index (χ0v) is 13.1. The maximum Gasteiger partial charge on any atom is 0.0874 e. The van der Waals surface area contributed by atoms with Gasteiger partial charge < -0.3 is 5.73 Å². The molecule has 2 heterocycles. The van der Waals surface area contributed by atoms with Gasteiger partial charge in [-0.2, -0.15) is 10.2 Å². The van der Waals surface area contributed by atoms with Crippen molar-refractivity contribution in [3.8, 4) is 0 Å². The van der Waals surface area contributed by atoms with Crippen molar-refractivity contribution in [3.05, 3.63) is 46.4 Å². The Morgan fingerprint density at radius 2 is 1.90 bits per heavy atom. The van der Waals surface area contributed by atoms with Gasteiger partial charge in [0.1, 0.15) is 0 Å². The summed E-state index contributed by atoms with van der Waals surface area (Å²) in [5, 5.41) is 10.7. The van der Waals surface area contributed by atoms with Crippen molar-refractivity contribution in [2.75, 3.05) is 0 Å². The van der Waals surface area contributed by atoms with E-state index in [0.29, 0.717) is 11.4 Å². The molecule has 0 saturated carbocycles. The van der Waals surface area contributed by atoms with E-state index in [1.54, 1.807) is 4.68 Å². The molecule has 2 N–H and O–H groups in total. The Morgan fingerprint density at radius 3 is 2.57 bits per heavy atom. The number of hydrogen-bond donors (Lipinski definition) is 1. The van der Waals surface area contributed by atoms with Gasteiger partial charge in [0, 0.05) is 25.9 Å². The highest BCUT2D eigenvalue weighted by molar-refractivity contribution is 6.31. The smallest absolute Gasteiger partial charge is 0.0874 e. The lowest BCUT2D eigenvalue weighted by Crippen LogP contribution is -2.16. The number of fused-ring (bicyclic) bond motifs is 1. The van der Waals surface area contributed by atoms with E-state index in [-0.39, 0.29) is 6.04 Å². The normalized spacial score (nSPS) is 13.0. The fourth-order valence-electron chi connectivity index (χ4n) is 2.72. The minimum atomic E-state index is -0.219. The summed E-state index contributed by atoms with van der Waals surface area (Å²) in [7, 11) is 3.82. The average molecular weight is 304 g/mol. The topological polar surface area (TPSA) is 61.7 Å². The van der Waals surface area contributed by atoms with E-state index in [9.17, 15) is 0 Å². The fourth-order valence-corrected chi connectivity index (χ4v) is 2.96. The molecule has 0 aliphatic rings. The summed E-state index contributed by atoms with van der Waals surface area (Å²) in [4.78, 5) is 0. The third-order valence-electron chi connectivity index (χ3n) is 3.81. The molecule has 1 unspecified atom stereocenters. The third-order valence-corrected chi connectivity index (χ3v) is 4.30. The molecular formula is C15H18ClN5. The van der Waals surface area contributed by atoms with Crippen LogP contribution in [0.25, 0.3) is 10.9 Å². The first-order valence-electron chi connectivity index (χ1n) is 6.84. The number of aryl methyl sites for hydroxylation is 3. The maximum absolute atomic E-state index is 6.38. The number of hydrogen-bond acceptors (Lipinski definition) is 3. The van der Waals surface area contributed by atoms with Crippen molar-refractivity contribution in [1.29, 1.82) is 0 Å². The molecule has 5 nitrogen and oxygen atoms in total. The molecule has 1 atom stereocenters. The molecule has 0 bridgehead atoms. The summed E-state index contributed by atoms with van der Waals surface area (Å²) in [6.07, 6.45) is 0.608. The summed E-state index contributed by atoms with van der Waals surface area (Å²) in [5.41, 5.74) is 10.1. The molecule has 0 aliphatic heterocycles. The lowest BCUT2D eigenvalue weighted by Gasteiger charge is -2.10. The minimum absolute atomic E-state index is 0.219. The second kappa shape index (κ2) is 5.16. The number of nitrogens with zero attached hydrogens (tertiary/aromatic N) is 4. The second-order valence-corrected chi connectivity index (χ2v) is 5.68.